The molecule has 124 valence electrons. The van der Waals surface area contributed by atoms with Crippen LogP contribution >= 0.6 is 11.8 Å². The highest BCUT2D eigenvalue weighted by molar-refractivity contribution is 8.04. The van der Waals surface area contributed by atoms with Crippen LogP contribution in [0.25, 0.3) is 0 Å². The molecule has 1 aromatic heterocycles. The summed E-state index contributed by atoms with van der Waals surface area (Å²) in [5.74, 6) is 0.400. The third-order valence-corrected chi connectivity index (χ3v) is 4.13. The Bertz CT molecular complexity index is 673. The zero-order valence-corrected chi connectivity index (χ0v) is 14.3. The Morgan fingerprint density at radius 2 is 2.17 bits per heavy atom. The van der Waals surface area contributed by atoms with E-state index >= 15 is 0 Å². The second kappa shape index (κ2) is 6.57. The summed E-state index contributed by atoms with van der Waals surface area (Å²) >= 11 is 1.26. The molecule has 1 aliphatic heterocycles. The van der Waals surface area contributed by atoms with Gasteiger partial charge in [0.05, 0.1) is 10.8 Å². The lowest BCUT2D eigenvalue weighted by molar-refractivity contribution is -0.129. The Kier molecular flexibility index (Phi) is 4.93. The summed E-state index contributed by atoms with van der Waals surface area (Å²) in [6.07, 6.45) is 1.43. The summed E-state index contributed by atoms with van der Waals surface area (Å²) in [5.41, 5.74) is -0.536. The Morgan fingerprint density at radius 1 is 1.48 bits per heavy atom. The number of hydrogen-bond donors (Lipinski definition) is 1. The third-order valence-electron chi connectivity index (χ3n) is 3.10. The molecule has 0 saturated carbocycles. The van der Waals surface area contributed by atoms with Crippen LogP contribution in [0, 0.1) is 12.3 Å². The minimum absolute atomic E-state index is 0.0905. The van der Waals surface area contributed by atoms with Gasteiger partial charge in [-0.05, 0) is 6.92 Å². The van der Waals surface area contributed by atoms with Crippen molar-refractivity contribution in [2.24, 2.45) is 5.41 Å². The summed E-state index contributed by atoms with van der Waals surface area (Å²) in [4.78, 5) is 37.4. The average molecular weight is 337 g/mol. The lowest BCUT2D eigenvalue weighted by Crippen LogP contribution is -2.34. The van der Waals surface area contributed by atoms with Gasteiger partial charge in [-0.2, -0.15) is 0 Å². The number of aromatic nitrogens is 1. The molecule has 7 nitrogen and oxygen atoms in total. The average Bonchev–Trinajstić information content (AvgIpc) is 2.98. The van der Waals surface area contributed by atoms with Crippen molar-refractivity contribution >= 4 is 35.2 Å². The highest BCUT2D eigenvalue weighted by atomic mass is 32.2. The monoisotopic (exact) mass is 337 g/mol. The second-order valence-electron chi connectivity index (χ2n) is 6.24. The van der Waals surface area contributed by atoms with Crippen LogP contribution in [-0.4, -0.2) is 40.0 Å². The number of aryl methyl sites for hydroxylation is 1. The lowest BCUT2D eigenvalue weighted by Gasteiger charge is -2.18. The van der Waals surface area contributed by atoms with Gasteiger partial charge in [-0.25, -0.2) is 0 Å². The van der Waals surface area contributed by atoms with Gasteiger partial charge in [0.25, 0.3) is 0 Å². The molecule has 0 unspecified atom stereocenters. The minimum Gasteiger partial charge on any atom is -0.360 e. The number of anilines is 1. The van der Waals surface area contributed by atoms with E-state index in [2.05, 4.69) is 10.5 Å². The topological polar surface area (TPSA) is 92.5 Å². The summed E-state index contributed by atoms with van der Waals surface area (Å²) in [6.45, 7) is 6.95. The van der Waals surface area contributed by atoms with Gasteiger partial charge in [0.1, 0.15) is 12.3 Å². The van der Waals surface area contributed by atoms with Crippen molar-refractivity contribution in [3.8, 4) is 0 Å². The zero-order valence-electron chi connectivity index (χ0n) is 13.5. The van der Waals surface area contributed by atoms with Gasteiger partial charge >= 0.3 is 0 Å². The highest BCUT2D eigenvalue weighted by Gasteiger charge is 2.30. The van der Waals surface area contributed by atoms with Gasteiger partial charge in [-0.1, -0.05) is 37.7 Å². The Labute approximate surface area is 138 Å². The Morgan fingerprint density at radius 3 is 2.74 bits per heavy atom. The first-order valence-corrected chi connectivity index (χ1v) is 8.08. The first-order chi connectivity index (χ1) is 10.7. The molecule has 2 rings (SSSR count). The number of amides is 2. The predicted molar refractivity (Wildman–Crippen MR) is 86.6 cm³/mol. The zero-order chi connectivity index (χ0) is 17.2. The number of thioether (sulfide) groups is 1. The van der Waals surface area contributed by atoms with Crippen molar-refractivity contribution < 1.29 is 18.9 Å². The lowest BCUT2D eigenvalue weighted by atomic mass is 9.91. The molecular weight excluding hydrogens is 318 g/mol. The summed E-state index contributed by atoms with van der Waals surface area (Å²) < 4.78 is 4.86. The van der Waals surface area contributed by atoms with Crippen molar-refractivity contribution in [1.82, 2.24) is 10.1 Å². The molecule has 0 aliphatic carbocycles. The number of hydrogen-bond acceptors (Lipinski definition) is 6. The number of ketones is 1. The van der Waals surface area contributed by atoms with Crippen molar-refractivity contribution in [2.75, 3.05) is 17.6 Å². The maximum Gasteiger partial charge on any atom is 0.245 e. The minimum atomic E-state index is -0.536. The molecule has 0 bridgehead atoms. The van der Waals surface area contributed by atoms with Crippen LogP contribution in [0.1, 0.15) is 26.5 Å². The number of carbonyl (C=O) groups excluding carboxylic acids is 3. The Hall–Kier alpha value is -2.09. The maximum atomic E-state index is 12.1. The van der Waals surface area contributed by atoms with E-state index < -0.39 is 11.3 Å². The molecule has 1 aromatic rings. The van der Waals surface area contributed by atoms with E-state index in [4.69, 9.17) is 4.52 Å². The molecule has 1 saturated heterocycles. The standard InChI is InChI=1S/C15H19N3O4S/c1-9-5-11(17-22-9)16-12(20)7-18-13(21)8-23-14(18)6-10(19)15(2,3)4/h5-6H,7-8H2,1-4H3,(H,16,17,20)/b14-6-. The van der Waals surface area contributed by atoms with E-state index in [1.54, 1.807) is 33.8 Å². The number of carbonyl (C=O) groups is 3. The van der Waals surface area contributed by atoms with Gasteiger partial charge < -0.3 is 9.84 Å². The Balaban J connectivity index is 2.06. The molecule has 23 heavy (non-hydrogen) atoms. The van der Waals surface area contributed by atoms with E-state index in [1.165, 1.54) is 22.7 Å². The van der Waals surface area contributed by atoms with Crippen LogP contribution in [0.2, 0.25) is 0 Å². The van der Waals surface area contributed by atoms with Crippen LogP contribution in [-0.2, 0) is 14.4 Å². The molecular formula is C15H19N3O4S. The number of nitrogens with one attached hydrogen (secondary N) is 1. The molecule has 2 amide bonds. The van der Waals surface area contributed by atoms with Crippen LogP contribution < -0.4 is 5.32 Å². The number of nitrogens with zero attached hydrogens (tertiary/aromatic N) is 2. The molecule has 0 spiro atoms. The first kappa shape index (κ1) is 17.3. The summed E-state index contributed by atoms with van der Waals surface area (Å²) in [7, 11) is 0. The molecule has 1 aliphatic rings. The molecule has 0 radical (unpaired) electrons. The number of allylic oxidation sites excluding steroid dienone is 1. The van der Waals surface area contributed by atoms with Gasteiger partial charge in [0.15, 0.2) is 11.6 Å². The first-order valence-electron chi connectivity index (χ1n) is 7.09. The maximum absolute atomic E-state index is 12.1. The van der Waals surface area contributed by atoms with Crippen LogP contribution in [0.15, 0.2) is 21.7 Å². The van der Waals surface area contributed by atoms with E-state index in [0.29, 0.717) is 16.6 Å². The third kappa shape index (κ3) is 4.44. The summed E-state index contributed by atoms with van der Waals surface area (Å²) in [6, 6.07) is 1.58. The largest absolute Gasteiger partial charge is 0.360 e. The van der Waals surface area contributed by atoms with Crippen LogP contribution in [0.4, 0.5) is 5.82 Å². The van der Waals surface area contributed by atoms with Gasteiger partial charge in [-0.3, -0.25) is 19.3 Å². The second-order valence-corrected chi connectivity index (χ2v) is 7.23. The highest BCUT2D eigenvalue weighted by Crippen LogP contribution is 2.30. The van der Waals surface area contributed by atoms with E-state index in [0.717, 1.165) is 0 Å². The quantitative estimate of drug-likeness (QED) is 0.844. The van der Waals surface area contributed by atoms with Crippen LogP contribution in [0.3, 0.4) is 0 Å². The number of rotatable bonds is 4. The predicted octanol–water partition coefficient (Wildman–Crippen LogP) is 1.95. The van der Waals surface area contributed by atoms with E-state index in [-0.39, 0.29) is 24.0 Å². The smallest absolute Gasteiger partial charge is 0.245 e. The summed E-state index contributed by atoms with van der Waals surface area (Å²) in [5, 5.41) is 6.72. The molecule has 8 heteroatoms. The van der Waals surface area contributed by atoms with Crippen molar-refractivity contribution in [2.45, 2.75) is 27.7 Å². The molecule has 0 aromatic carbocycles. The normalized spacial score (nSPS) is 17.0. The fraction of sp³-hybridized carbons (Fsp3) is 0.467. The van der Waals surface area contributed by atoms with Gasteiger partial charge in [0, 0.05) is 17.6 Å². The molecule has 2 heterocycles. The molecule has 1 N–H and O–H groups in total. The van der Waals surface area contributed by atoms with E-state index in [9.17, 15) is 14.4 Å². The molecule has 1 fully saturated rings. The fourth-order valence-electron chi connectivity index (χ4n) is 1.78. The van der Waals surface area contributed by atoms with Crippen molar-refractivity contribution in [1.29, 1.82) is 0 Å². The SMILES string of the molecule is Cc1cc(NC(=O)CN2C(=O)CS/C2=C\C(=O)C(C)(C)C)no1. The fourth-order valence-corrected chi connectivity index (χ4v) is 2.72. The van der Waals surface area contributed by atoms with Crippen molar-refractivity contribution in [3.63, 3.8) is 0 Å². The van der Waals surface area contributed by atoms with Crippen molar-refractivity contribution in [3.05, 3.63) is 22.9 Å². The molecule has 0 atom stereocenters. The van der Waals surface area contributed by atoms with Gasteiger partial charge in [-0.15, -0.1) is 0 Å². The van der Waals surface area contributed by atoms with Crippen LogP contribution in [0.5, 0.6) is 0 Å². The van der Waals surface area contributed by atoms with E-state index in [1.807, 2.05) is 0 Å². The van der Waals surface area contributed by atoms with Gasteiger partial charge in [0.2, 0.25) is 11.8 Å².